The molecule has 0 aromatic heterocycles. The van der Waals surface area contributed by atoms with Crippen LogP contribution in [0.15, 0.2) is 36.4 Å². The first-order valence-corrected chi connectivity index (χ1v) is 8.82. The third-order valence-corrected chi connectivity index (χ3v) is 6.35. The average Bonchev–Trinajstić information content (AvgIpc) is 3.42. The Bertz CT molecular complexity index is 874. The molecule has 3 amide bonds. The molecule has 4 aliphatic carbocycles. The molecule has 2 bridgehead atoms. The van der Waals surface area contributed by atoms with Gasteiger partial charge in [-0.25, -0.2) is 0 Å². The molecule has 1 aliphatic heterocycles. The van der Waals surface area contributed by atoms with Crippen molar-refractivity contribution >= 4 is 17.7 Å². The number of carbonyl (C=O) groups is 3. The van der Waals surface area contributed by atoms with Crippen molar-refractivity contribution in [3.8, 4) is 0 Å². The third kappa shape index (κ3) is 2.22. The van der Waals surface area contributed by atoms with E-state index in [1.165, 1.54) is 12.1 Å². The summed E-state index contributed by atoms with van der Waals surface area (Å²) in [4.78, 5) is 38.0. The Morgan fingerprint density at radius 1 is 1.00 bits per heavy atom. The molecule has 3 fully saturated rings. The van der Waals surface area contributed by atoms with Gasteiger partial charge in [0.15, 0.2) is 0 Å². The van der Waals surface area contributed by atoms with E-state index in [1.807, 2.05) is 12.2 Å². The Morgan fingerprint density at radius 2 is 1.56 bits per heavy atom. The monoisotopic (exact) mass is 376 g/mol. The number of nitrogens with zero attached hydrogens (tertiary/aromatic N) is 1. The van der Waals surface area contributed by atoms with Crippen molar-refractivity contribution in [2.45, 2.75) is 12.6 Å². The van der Waals surface area contributed by atoms with Gasteiger partial charge in [-0.1, -0.05) is 24.3 Å². The van der Waals surface area contributed by atoms with Crippen LogP contribution in [0, 0.1) is 35.5 Å². The van der Waals surface area contributed by atoms with Gasteiger partial charge in [0.1, 0.15) is 0 Å². The zero-order chi connectivity index (χ0) is 19.1. The zero-order valence-electron chi connectivity index (χ0n) is 13.9. The van der Waals surface area contributed by atoms with Gasteiger partial charge in [-0.2, -0.15) is 18.2 Å². The summed E-state index contributed by atoms with van der Waals surface area (Å²) in [5, 5.41) is 0.641. The first-order valence-electron chi connectivity index (χ1n) is 8.82. The van der Waals surface area contributed by atoms with E-state index in [4.69, 9.17) is 0 Å². The Morgan fingerprint density at radius 3 is 2.11 bits per heavy atom. The normalized spacial score (nSPS) is 35.9. The van der Waals surface area contributed by atoms with Crippen molar-refractivity contribution in [1.82, 2.24) is 10.4 Å². The van der Waals surface area contributed by atoms with Crippen molar-refractivity contribution in [2.75, 3.05) is 0 Å². The lowest BCUT2D eigenvalue weighted by molar-refractivity contribution is -0.143. The number of benzene rings is 1. The van der Waals surface area contributed by atoms with E-state index < -0.39 is 46.9 Å². The standard InChI is InChI=1S/C19H15F3N2O3/c20-19(21,22)13-4-2-1-3-10(13)16(25)23-24-17(26)14-8-5-6-9(12-7-11(8)12)15(14)18(24)27/h1-6,8-9,11-12,14-15H,7H2,(H,23,25)/t8-,9+,11+,12-,14+,15-. The van der Waals surface area contributed by atoms with E-state index >= 15 is 0 Å². The van der Waals surface area contributed by atoms with Gasteiger partial charge < -0.3 is 0 Å². The number of carbonyl (C=O) groups excluding carboxylic acids is 3. The lowest BCUT2D eigenvalue weighted by Crippen LogP contribution is -2.47. The third-order valence-electron chi connectivity index (χ3n) is 6.35. The molecule has 0 unspecified atom stereocenters. The van der Waals surface area contributed by atoms with Crippen LogP contribution in [0.25, 0.3) is 0 Å². The number of imide groups is 1. The fourth-order valence-electron chi connectivity index (χ4n) is 5.16. The molecule has 27 heavy (non-hydrogen) atoms. The summed E-state index contributed by atoms with van der Waals surface area (Å²) in [6.45, 7) is 0. The number of alkyl halides is 3. The Labute approximate surface area is 152 Å². The van der Waals surface area contributed by atoms with Crippen LogP contribution in [0.4, 0.5) is 13.2 Å². The van der Waals surface area contributed by atoms with E-state index in [0.717, 1.165) is 18.6 Å². The lowest BCUT2D eigenvalue weighted by Gasteiger charge is -2.37. The maximum Gasteiger partial charge on any atom is 0.417 e. The van der Waals surface area contributed by atoms with Crippen LogP contribution in [0.1, 0.15) is 22.3 Å². The molecule has 5 nitrogen and oxygen atoms in total. The van der Waals surface area contributed by atoms with Crippen molar-refractivity contribution in [3.63, 3.8) is 0 Å². The molecule has 6 rings (SSSR count). The number of halogens is 3. The van der Waals surface area contributed by atoms with Gasteiger partial charge in [0.2, 0.25) is 0 Å². The highest BCUT2D eigenvalue weighted by atomic mass is 19.4. The predicted molar refractivity (Wildman–Crippen MR) is 85.5 cm³/mol. The number of hydrazine groups is 1. The quantitative estimate of drug-likeness (QED) is 0.637. The van der Waals surface area contributed by atoms with Gasteiger partial charge in [-0.15, -0.1) is 0 Å². The second-order valence-corrected chi connectivity index (χ2v) is 7.65. The zero-order valence-corrected chi connectivity index (χ0v) is 13.9. The largest absolute Gasteiger partial charge is 0.417 e. The van der Waals surface area contributed by atoms with Crippen LogP contribution in [0.5, 0.6) is 0 Å². The van der Waals surface area contributed by atoms with Crippen molar-refractivity contribution < 1.29 is 27.6 Å². The molecule has 2 saturated carbocycles. The first kappa shape index (κ1) is 16.5. The number of allylic oxidation sites excluding steroid dienone is 2. The van der Waals surface area contributed by atoms with Gasteiger partial charge >= 0.3 is 6.18 Å². The minimum absolute atomic E-state index is 0.0224. The SMILES string of the molecule is O=C(NN1C(=O)[C@@H]2[C@H]3C=C[C@H]([C@@H]4C[C@H]34)[C@@H]2C1=O)c1ccccc1C(F)(F)F. The Kier molecular flexibility index (Phi) is 3.19. The fraction of sp³-hybridized carbons (Fsp3) is 0.421. The van der Waals surface area contributed by atoms with Crippen molar-refractivity contribution in [3.05, 3.63) is 47.5 Å². The van der Waals surface area contributed by atoms with E-state index in [1.54, 1.807) is 0 Å². The Balaban J connectivity index is 1.42. The summed E-state index contributed by atoms with van der Waals surface area (Å²) in [5.41, 5.74) is 0.399. The predicted octanol–water partition coefficient (Wildman–Crippen LogP) is 2.40. The van der Waals surface area contributed by atoms with Gasteiger partial charge in [-0.05, 0) is 42.2 Å². The minimum Gasteiger partial charge on any atom is -0.272 e. The van der Waals surface area contributed by atoms with Crippen LogP contribution in [0.2, 0.25) is 0 Å². The molecule has 0 radical (unpaired) electrons. The summed E-state index contributed by atoms with van der Waals surface area (Å²) in [6.07, 6.45) is 0.247. The first-order chi connectivity index (χ1) is 12.8. The molecule has 5 aliphatic rings. The molecule has 8 heteroatoms. The van der Waals surface area contributed by atoms with Gasteiger partial charge in [0, 0.05) is 0 Å². The Hall–Kier alpha value is -2.64. The minimum atomic E-state index is -4.72. The lowest BCUT2D eigenvalue weighted by atomic mass is 9.63. The summed E-state index contributed by atoms with van der Waals surface area (Å²) in [6, 6.07) is 4.29. The highest BCUT2D eigenvalue weighted by Gasteiger charge is 2.67. The molecular weight excluding hydrogens is 361 g/mol. The van der Waals surface area contributed by atoms with Crippen LogP contribution < -0.4 is 5.43 Å². The summed E-state index contributed by atoms with van der Waals surface area (Å²) in [5.74, 6) is -2.44. The van der Waals surface area contributed by atoms with Crippen LogP contribution in [0.3, 0.4) is 0 Å². The number of hydrogen-bond acceptors (Lipinski definition) is 3. The summed E-state index contributed by atoms with van der Waals surface area (Å²) >= 11 is 0. The van der Waals surface area contributed by atoms with E-state index in [-0.39, 0.29) is 11.8 Å². The number of hydrogen-bond donors (Lipinski definition) is 1. The molecule has 1 saturated heterocycles. The van der Waals surface area contributed by atoms with Gasteiger partial charge in [0.25, 0.3) is 17.7 Å². The molecule has 1 aromatic rings. The highest BCUT2D eigenvalue weighted by molar-refractivity contribution is 6.08. The molecule has 140 valence electrons. The molecular formula is C19H15F3N2O3. The summed E-state index contributed by atoms with van der Waals surface area (Å²) < 4.78 is 39.4. The highest BCUT2D eigenvalue weighted by Crippen LogP contribution is 2.65. The number of rotatable bonds is 2. The number of amides is 3. The molecule has 1 heterocycles. The van der Waals surface area contributed by atoms with Crippen LogP contribution in [-0.2, 0) is 15.8 Å². The second kappa shape index (κ2) is 5.21. The van der Waals surface area contributed by atoms with Gasteiger partial charge in [-0.3, -0.25) is 19.8 Å². The number of nitrogens with one attached hydrogen (secondary N) is 1. The summed E-state index contributed by atoms with van der Waals surface area (Å²) in [7, 11) is 0. The molecule has 1 aromatic carbocycles. The second-order valence-electron chi connectivity index (χ2n) is 7.65. The molecule has 1 N–H and O–H groups in total. The van der Waals surface area contributed by atoms with Crippen LogP contribution >= 0.6 is 0 Å². The van der Waals surface area contributed by atoms with E-state index in [0.29, 0.717) is 16.8 Å². The van der Waals surface area contributed by atoms with E-state index in [2.05, 4.69) is 5.43 Å². The topological polar surface area (TPSA) is 66.5 Å². The molecule has 0 spiro atoms. The smallest absolute Gasteiger partial charge is 0.272 e. The van der Waals surface area contributed by atoms with Crippen LogP contribution in [-0.4, -0.2) is 22.7 Å². The fourth-order valence-corrected chi connectivity index (χ4v) is 5.16. The molecule has 6 atom stereocenters. The van der Waals surface area contributed by atoms with Gasteiger partial charge in [0.05, 0.1) is 23.0 Å². The van der Waals surface area contributed by atoms with E-state index in [9.17, 15) is 27.6 Å². The van der Waals surface area contributed by atoms with Crippen molar-refractivity contribution in [1.29, 1.82) is 0 Å². The average molecular weight is 376 g/mol. The maximum atomic E-state index is 13.1. The van der Waals surface area contributed by atoms with Crippen molar-refractivity contribution in [2.24, 2.45) is 35.5 Å². The maximum absolute atomic E-state index is 13.1.